The number of aryl methyl sites for hydroxylation is 2. The van der Waals surface area contributed by atoms with E-state index in [4.69, 9.17) is 0 Å². The number of pyridine rings is 1. The summed E-state index contributed by atoms with van der Waals surface area (Å²) in [6.07, 6.45) is 1.43. The molecule has 0 unspecified atom stereocenters. The molecule has 0 aliphatic carbocycles. The highest BCUT2D eigenvalue weighted by molar-refractivity contribution is 5.91. The van der Waals surface area contributed by atoms with Crippen molar-refractivity contribution in [3.05, 3.63) is 59.5 Å². The van der Waals surface area contributed by atoms with Gasteiger partial charge in [0.15, 0.2) is 0 Å². The van der Waals surface area contributed by atoms with Crippen LogP contribution in [-0.2, 0) is 13.6 Å². The number of hydrogen-bond donors (Lipinski definition) is 0. The van der Waals surface area contributed by atoms with Gasteiger partial charge in [-0.05, 0) is 24.3 Å². The van der Waals surface area contributed by atoms with Gasteiger partial charge in [0.05, 0.1) is 19.1 Å². The van der Waals surface area contributed by atoms with Crippen LogP contribution in [0.15, 0.2) is 54.0 Å². The van der Waals surface area contributed by atoms with E-state index >= 15 is 0 Å². The number of ether oxygens (including phenoxy) is 1. The van der Waals surface area contributed by atoms with Crippen molar-refractivity contribution in [2.45, 2.75) is 12.9 Å². The lowest BCUT2D eigenvalue weighted by atomic mass is 10.1. The summed E-state index contributed by atoms with van der Waals surface area (Å²) >= 11 is 0. The van der Waals surface area contributed by atoms with E-state index in [0.29, 0.717) is 22.3 Å². The van der Waals surface area contributed by atoms with Crippen LogP contribution in [0.4, 0.5) is 17.6 Å². The third-order valence-electron chi connectivity index (χ3n) is 4.46. The Morgan fingerprint density at radius 1 is 1.13 bits per heavy atom. The molecule has 4 rings (SSSR count). The minimum atomic E-state index is -4.82. The van der Waals surface area contributed by atoms with Crippen molar-refractivity contribution in [1.82, 2.24) is 23.9 Å². The third-order valence-corrected chi connectivity index (χ3v) is 4.46. The number of halogens is 4. The number of hydrogen-bond acceptors (Lipinski definition) is 4. The standard InChI is InChI=1S/C19H15F4N5O2/c1-26-9-12(8-25-26)15-10-28(13-2-4-14(5-3-13)30-19(21,22)23)18(29)17-16(15)24-11-27(17)7-6-20/h2-5,8-11H,6-7H2,1H3. The molecular weight excluding hydrogens is 406 g/mol. The van der Waals surface area contributed by atoms with Crippen LogP contribution in [0.2, 0.25) is 0 Å². The zero-order valence-corrected chi connectivity index (χ0v) is 15.6. The Kier molecular flexibility index (Phi) is 4.80. The quantitative estimate of drug-likeness (QED) is 0.463. The number of imidazole rings is 1. The van der Waals surface area contributed by atoms with E-state index in [1.54, 1.807) is 24.1 Å². The molecule has 1 aromatic carbocycles. The highest BCUT2D eigenvalue weighted by atomic mass is 19.4. The maximum Gasteiger partial charge on any atom is 0.573 e. The fraction of sp³-hybridized carbons (Fsp3) is 0.211. The molecule has 4 aromatic rings. The molecule has 0 saturated heterocycles. The van der Waals surface area contributed by atoms with Crippen LogP contribution in [0.5, 0.6) is 5.75 Å². The zero-order valence-electron chi connectivity index (χ0n) is 15.6. The van der Waals surface area contributed by atoms with Gasteiger partial charge in [-0.2, -0.15) is 5.10 Å². The van der Waals surface area contributed by atoms with E-state index in [1.807, 2.05) is 0 Å². The first-order valence-electron chi connectivity index (χ1n) is 8.78. The van der Waals surface area contributed by atoms with Crippen LogP contribution in [-0.4, -0.2) is 36.9 Å². The summed E-state index contributed by atoms with van der Waals surface area (Å²) in [6, 6.07) is 4.89. The summed E-state index contributed by atoms with van der Waals surface area (Å²) in [7, 11) is 1.73. The van der Waals surface area contributed by atoms with Crippen molar-refractivity contribution in [3.8, 4) is 22.6 Å². The second kappa shape index (κ2) is 7.32. The zero-order chi connectivity index (χ0) is 21.5. The molecule has 30 heavy (non-hydrogen) atoms. The van der Waals surface area contributed by atoms with Gasteiger partial charge >= 0.3 is 6.36 Å². The number of aromatic nitrogens is 5. The summed E-state index contributed by atoms with van der Waals surface area (Å²) in [4.78, 5) is 17.4. The fourth-order valence-electron chi connectivity index (χ4n) is 3.20. The summed E-state index contributed by atoms with van der Waals surface area (Å²) < 4.78 is 58.3. The van der Waals surface area contributed by atoms with Crippen LogP contribution in [0.3, 0.4) is 0 Å². The lowest BCUT2D eigenvalue weighted by Crippen LogP contribution is -2.21. The fourth-order valence-corrected chi connectivity index (χ4v) is 3.20. The Morgan fingerprint density at radius 2 is 1.87 bits per heavy atom. The molecule has 3 aromatic heterocycles. The number of benzene rings is 1. The monoisotopic (exact) mass is 421 g/mol. The van der Waals surface area contributed by atoms with Gasteiger partial charge in [-0.15, -0.1) is 13.2 Å². The summed E-state index contributed by atoms with van der Waals surface area (Å²) in [5.74, 6) is -0.407. The molecular formula is C19H15F4N5O2. The van der Waals surface area contributed by atoms with Gasteiger partial charge < -0.3 is 9.30 Å². The SMILES string of the molecule is Cn1cc(-c2cn(-c3ccc(OC(F)(F)F)cc3)c(=O)c3c2ncn3CCF)cn1. The van der Waals surface area contributed by atoms with E-state index in [9.17, 15) is 22.4 Å². The largest absolute Gasteiger partial charge is 0.573 e. The van der Waals surface area contributed by atoms with E-state index < -0.39 is 24.3 Å². The van der Waals surface area contributed by atoms with Crippen LogP contribution in [0, 0.1) is 0 Å². The highest BCUT2D eigenvalue weighted by Crippen LogP contribution is 2.28. The van der Waals surface area contributed by atoms with Gasteiger partial charge in [-0.3, -0.25) is 14.0 Å². The smallest absolute Gasteiger partial charge is 0.406 e. The predicted octanol–water partition coefficient (Wildman–Crippen LogP) is 3.46. The van der Waals surface area contributed by atoms with E-state index in [-0.39, 0.29) is 12.1 Å². The summed E-state index contributed by atoms with van der Waals surface area (Å²) in [5, 5.41) is 4.13. The first kappa shape index (κ1) is 19.7. The third kappa shape index (κ3) is 3.65. The van der Waals surface area contributed by atoms with Crippen molar-refractivity contribution in [3.63, 3.8) is 0 Å². The molecule has 7 nitrogen and oxygen atoms in total. The maximum absolute atomic E-state index is 13.1. The Morgan fingerprint density at radius 3 is 2.47 bits per heavy atom. The normalized spacial score (nSPS) is 11.9. The van der Waals surface area contributed by atoms with Gasteiger partial charge in [0.1, 0.15) is 23.5 Å². The molecule has 11 heteroatoms. The minimum Gasteiger partial charge on any atom is -0.406 e. The lowest BCUT2D eigenvalue weighted by Gasteiger charge is -2.12. The predicted molar refractivity (Wildman–Crippen MR) is 100 cm³/mol. The molecule has 156 valence electrons. The molecule has 0 atom stereocenters. The molecule has 0 amide bonds. The van der Waals surface area contributed by atoms with Crippen LogP contribution in [0.1, 0.15) is 0 Å². The second-order valence-electron chi connectivity index (χ2n) is 6.49. The molecule has 0 aliphatic heterocycles. The minimum absolute atomic E-state index is 0.0550. The van der Waals surface area contributed by atoms with Crippen molar-refractivity contribution < 1.29 is 22.3 Å². The topological polar surface area (TPSA) is 66.9 Å². The average Bonchev–Trinajstić information content (AvgIpc) is 3.29. The van der Waals surface area contributed by atoms with E-state index in [0.717, 1.165) is 12.1 Å². The van der Waals surface area contributed by atoms with Crippen molar-refractivity contribution in [2.24, 2.45) is 7.05 Å². The van der Waals surface area contributed by atoms with E-state index in [1.165, 1.54) is 33.8 Å². The molecule has 0 aliphatic rings. The van der Waals surface area contributed by atoms with Crippen molar-refractivity contribution in [1.29, 1.82) is 0 Å². The van der Waals surface area contributed by atoms with E-state index in [2.05, 4.69) is 14.8 Å². The van der Waals surface area contributed by atoms with Crippen LogP contribution < -0.4 is 10.3 Å². The number of alkyl halides is 4. The Hall–Kier alpha value is -3.63. The molecule has 3 heterocycles. The van der Waals surface area contributed by atoms with Gasteiger partial charge in [-0.1, -0.05) is 0 Å². The summed E-state index contributed by atoms with van der Waals surface area (Å²) in [6.45, 7) is -0.744. The number of rotatable bonds is 5. The highest BCUT2D eigenvalue weighted by Gasteiger charge is 2.31. The van der Waals surface area contributed by atoms with Crippen LogP contribution >= 0.6 is 0 Å². The maximum atomic E-state index is 13.1. The number of fused-ring (bicyclic) bond motifs is 1. The van der Waals surface area contributed by atoms with Gasteiger partial charge in [-0.25, -0.2) is 9.37 Å². The molecule has 0 spiro atoms. The Labute approximate surface area is 166 Å². The van der Waals surface area contributed by atoms with Crippen LogP contribution in [0.25, 0.3) is 27.8 Å². The first-order chi connectivity index (χ1) is 14.3. The summed E-state index contributed by atoms with van der Waals surface area (Å²) in [5.41, 5.74) is 1.66. The van der Waals surface area contributed by atoms with Gasteiger partial charge in [0, 0.05) is 36.3 Å². The molecule has 0 fully saturated rings. The number of nitrogens with zero attached hydrogens (tertiary/aromatic N) is 5. The first-order valence-corrected chi connectivity index (χ1v) is 8.78. The molecule has 0 N–H and O–H groups in total. The lowest BCUT2D eigenvalue weighted by molar-refractivity contribution is -0.274. The Bertz CT molecular complexity index is 1250. The van der Waals surface area contributed by atoms with Gasteiger partial charge in [0.25, 0.3) is 5.56 Å². The van der Waals surface area contributed by atoms with Crippen molar-refractivity contribution >= 4 is 11.0 Å². The average molecular weight is 421 g/mol. The Balaban J connectivity index is 1.90. The van der Waals surface area contributed by atoms with Crippen molar-refractivity contribution in [2.75, 3.05) is 6.67 Å². The molecule has 0 radical (unpaired) electrons. The molecule has 0 saturated carbocycles. The molecule has 0 bridgehead atoms. The van der Waals surface area contributed by atoms with Gasteiger partial charge in [0.2, 0.25) is 0 Å². The second-order valence-corrected chi connectivity index (χ2v) is 6.49.